The number of nitrogens with zero attached hydrogens (tertiary/aromatic N) is 3. The summed E-state index contributed by atoms with van der Waals surface area (Å²) in [6.07, 6.45) is 0. The Morgan fingerprint density at radius 2 is 2.04 bits per heavy atom. The van der Waals surface area contributed by atoms with E-state index in [-0.39, 0.29) is 18.5 Å². The number of rotatable bonds is 5. The maximum atomic E-state index is 12.6. The van der Waals surface area contributed by atoms with Crippen molar-refractivity contribution in [3.8, 4) is 11.8 Å². The van der Waals surface area contributed by atoms with Crippen LogP contribution in [0.1, 0.15) is 5.56 Å². The van der Waals surface area contributed by atoms with Gasteiger partial charge in [-0.2, -0.15) is 5.26 Å². The van der Waals surface area contributed by atoms with Crippen LogP contribution in [0.25, 0.3) is 0 Å². The number of methoxy groups -OCH3 is 1. The first kappa shape index (κ1) is 17.3. The normalized spacial score (nSPS) is 13.5. The monoisotopic (exact) mass is 350 g/mol. The Kier molecular flexibility index (Phi) is 5.04. The van der Waals surface area contributed by atoms with Crippen LogP contribution in [0.4, 0.5) is 16.2 Å². The molecule has 0 aliphatic carbocycles. The maximum absolute atomic E-state index is 12.6. The summed E-state index contributed by atoms with van der Waals surface area (Å²) in [5.41, 5.74) is 1.68. The molecule has 3 rings (SSSR count). The SMILES string of the molecule is COc1ccccc1N1CCN(CC(=O)Nc2cccc(C#N)c2)C1=O. The minimum absolute atomic E-state index is 0.0543. The van der Waals surface area contributed by atoms with Crippen LogP contribution < -0.4 is 15.0 Å². The molecule has 0 aromatic heterocycles. The van der Waals surface area contributed by atoms with Crippen molar-refractivity contribution in [2.45, 2.75) is 0 Å². The van der Waals surface area contributed by atoms with Gasteiger partial charge in [0.15, 0.2) is 0 Å². The third-order valence-corrected chi connectivity index (χ3v) is 4.08. The van der Waals surface area contributed by atoms with Crippen LogP contribution in [-0.2, 0) is 4.79 Å². The number of benzene rings is 2. The average molecular weight is 350 g/mol. The Labute approximate surface area is 151 Å². The molecular weight excluding hydrogens is 332 g/mol. The maximum Gasteiger partial charge on any atom is 0.325 e. The Morgan fingerprint density at radius 3 is 2.81 bits per heavy atom. The Morgan fingerprint density at radius 1 is 1.23 bits per heavy atom. The predicted molar refractivity (Wildman–Crippen MR) is 97.1 cm³/mol. The van der Waals surface area contributed by atoms with Gasteiger partial charge in [0.1, 0.15) is 12.3 Å². The molecule has 1 aliphatic heterocycles. The van der Waals surface area contributed by atoms with Crippen LogP contribution in [0.3, 0.4) is 0 Å². The highest BCUT2D eigenvalue weighted by molar-refractivity contribution is 6.00. The second-order valence-electron chi connectivity index (χ2n) is 5.77. The largest absolute Gasteiger partial charge is 0.495 e. The minimum atomic E-state index is -0.310. The number of hydrogen-bond donors (Lipinski definition) is 1. The van der Waals surface area contributed by atoms with Crippen LogP contribution in [-0.4, -0.2) is 43.6 Å². The van der Waals surface area contributed by atoms with Gasteiger partial charge in [0.05, 0.1) is 24.4 Å². The first-order chi connectivity index (χ1) is 12.6. The number of amides is 3. The van der Waals surface area contributed by atoms with Crippen molar-refractivity contribution >= 4 is 23.3 Å². The van der Waals surface area contributed by atoms with E-state index in [1.807, 2.05) is 24.3 Å². The van der Waals surface area contributed by atoms with E-state index in [9.17, 15) is 9.59 Å². The lowest BCUT2D eigenvalue weighted by molar-refractivity contribution is -0.116. The molecule has 1 heterocycles. The third-order valence-electron chi connectivity index (χ3n) is 4.08. The molecule has 1 fully saturated rings. The van der Waals surface area contributed by atoms with Crippen LogP contribution in [0.15, 0.2) is 48.5 Å². The molecule has 0 spiro atoms. The topological polar surface area (TPSA) is 85.7 Å². The fraction of sp³-hybridized carbons (Fsp3) is 0.211. The quantitative estimate of drug-likeness (QED) is 0.897. The molecule has 0 atom stereocenters. The molecule has 0 unspecified atom stereocenters. The van der Waals surface area contributed by atoms with E-state index in [0.29, 0.717) is 35.8 Å². The molecule has 1 saturated heterocycles. The zero-order valence-electron chi connectivity index (χ0n) is 14.3. The summed E-state index contributed by atoms with van der Waals surface area (Å²) in [5, 5.41) is 11.6. The highest BCUT2D eigenvalue weighted by Crippen LogP contribution is 2.30. The van der Waals surface area contributed by atoms with Crippen molar-refractivity contribution in [1.82, 2.24) is 4.90 Å². The van der Waals surface area contributed by atoms with Crippen molar-refractivity contribution in [3.63, 3.8) is 0 Å². The molecule has 1 N–H and O–H groups in total. The standard InChI is InChI=1S/C19H18N4O3/c1-26-17-8-3-2-7-16(17)23-10-9-22(19(23)25)13-18(24)21-15-6-4-5-14(11-15)12-20/h2-8,11H,9-10,13H2,1H3,(H,21,24). The Balaban J connectivity index is 1.65. The summed E-state index contributed by atoms with van der Waals surface area (Å²) < 4.78 is 5.31. The second-order valence-corrected chi connectivity index (χ2v) is 5.77. The number of carbonyl (C=O) groups is 2. The van der Waals surface area contributed by atoms with E-state index < -0.39 is 0 Å². The Bertz CT molecular complexity index is 875. The first-order valence-corrected chi connectivity index (χ1v) is 8.12. The number of hydrogen-bond acceptors (Lipinski definition) is 4. The van der Waals surface area contributed by atoms with Gasteiger partial charge in [-0.1, -0.05) is 18.2 Å². The van der Waals surface area contributed by atoms with Gasteiger partial charge in [0, 0.05) is 18.8 Å². The number of nitriles is 1. The number of para-hydroxylation sites is 2. The van der Waals surface area contributed by atoms with E-state index in [0.717, 1.165) is 0 Å². The lowest BCUT2D eigenvalue weighted by Crippen LogP contribution is -2.37. The van der Waals surface area contributed by atoms with Gasteiger partial charge in [-0.3, -0.25) is 9.69 Å². The number of urea groups is 1. The molecule has 2 aromatic rings. The zero-order chi connectivity index (χ0) is 18.5. The molecule has 26 heavy (non-hydrogen) atoms. The van der Waals surface area contributed by atoms with Gasteiger partial charge in [-0.05, 0) is 30.3 Å². The molecule has 0 radical (unpaired) electrons. The van der Waals surface area contributed by atoms with Crippen molar-refractivity contribution in [2.75, 3.05) is 37.0 Å². The van der Waals surface area contributed by atoms with E-state index in [1.54, 1.807) is 42.3 Å². The minimum Gasteiger partial charge on any atom is -0.495 e. The summed E-state index contributed by atoms with van der Waals surface area (Å²) in [7, 11) is 1.56. The summed E-state index contributed by atoms with van der Waals surface area (Å²) in [6, 6.07) is 15.7. The van der Waals surface area contributed by atoms with Crippen molar-refractivity contribution in [2.24, 2.45) is 0 Å². The number of anilines is 2. The highest BCUT2D eigenvalue weighted by Gasteiger charge is 2.32. The van der Waals surface area contributed by atoms with Gasteiger partial charge in [-0.25, -0.2) is 4.79 Å². The summed E-state index contributed by atoms with van der Waals surface area (Å²) >= 11 is 0. The molecule has 7 nitrogen and oxygen atoms in total. The first-order valence-electron chi connectivity index (χ1n) is 8.12. The van der Waals surface area contributed by atoms with Crippen molar-refractivity contribution < 1.29 is 14.3 Å². The zero-order valence-corrected chi connectivity index (χ0v) is 14.3. The van der Waals surface area contributed by atoms with Gasteiger partial charge in [-0.15, -0.1) is 0 Å². The predicted octanol–water partition coefficient (Wildman–Crippen LogP) is 2.45. The van der Waals surface area contributed by atoms with Crippen LogP contribution in [0.5, 0.6) is 5.75 Å². The Hall–Kier alpha value is -3.53. The summed E-state index contributed by atoms with van der Waals surface area (Å²) in [6.45, 7) is 0.875. The molecule has 1 aliphatic rings. The average Bonchev–Trinajstić information content (AvgIpc) is 3.02. The van der Waals surface area contributed by atoms with Gasteiger partial charge in [0.2, 0.25) is 5.91 Å². The fourth-order valence-electron chi connectivity index (χ4n) is 2.85. The van der Waals surface area contributed by atoms with Crippen LogP contribution in [0.2, 0.25) is 0 Å². The third kappa shape index (κ3) is 3.59. The molecule has 7 heteroatoms. The molecular formula is C19H18N4O3. The second kappa shape index (κ2) is 7.57. The highest BCUT2D eigenvalue weighted by atomic mass is 16.5. The summed E-state index contributed by atoms with van der Waals surface area (Å²) in [5.74, 6) is 0.302. The lowest BCUT2D eigenvalue weighted by atomic mass is 10.2. The fourth-order valence-corrected chi connectivity index (χ4v) is 2.85. The van der Waals surface area contributed by atoms with Crippen LogP contribution in [0, 0.1) is 11.3 Å². The van der Waals surface area contributed by atoms with E-state index >= 15 is 0 Å². The molecule has 132 valence electrons. The van der Waals surface area contributed by atoms with E-state index in [4.69, 9.17) is 10.00 Å². The van der Waals surface area contributed by atoms with E-state index in [1.165, 1.54) is 4.90 Å². The number of carbonyl (C=O) groups excluding carboxylic acids is 2. The van der Waals surface area contributed by atoms with Gasteiger partial charge < -0.3 is 15.0 Å². The molecule has 0 saturated carbocycles. The van der Waals surface area contributed by atoms with Gasteiger partial charge >= 0.3 is 6.03 Å². The number of nitrogens with one attached hydrogen (secondary N) is 1. The number of ether oxygens (including phenoxy) is 1. The smallest absolute Gasteiger partial charge is 0.325 e. The molecule has 2 aromatic carbocycles. The van der Waals surface area contributed by atoms with Crippen molar-refractivity contribution in [1.29, 1.82) is 5.26 Å². The lowest BCUT2D eigenvalue weighted by Gasteiger charge is -2.20. The molecule has 3 amide bonds. The molecule has 0 bridgehead atoms. The van der Waals surface area contributed by atoms with Gasteiger partial charge in [0.25, 0.3) is 0 Å². The van der Waals surface area contributed by atoms with Crippen molar-refractivity contribution in [3.05, 3.63) is 54.1 Å². The van der Waals surface area contributed by atoms with E-state index in [2.05, 4.69) is 5.32 Å². The summed E-state index contributed by atoms with van der Waals surface area (Å²) in [4.78, 5) is 28.0. The van der Waals surface area contributed by atoms with Crippen LogP contribution >= 0.6 is 0 Å².